The molecule has 0 saturated carbocycles. The van der Waals surface area contributed by atoms with Gasteiger partial charge >= 0.3 is 0 Å². The van der Waals surface area contributed by atoms with Crippen LogP contribution in [0.15, 0.2) is 97.8 Å². The van der Waals surface area contributed by atoms with Crippen molar-refractivity contribution < 1.29 is 4.79 Å². The Labute approximate surface area is 185 Å². The number of nitrogens with one attached hydrogen (secondary N) is 1. The number of pyridine rings is 2. The molecule has 0 atom stereocenters. The summed E-state index contributed by atoms with van der Waals surface area (Å²) in [6.07, 6.45) is 8.96. The SMILES string of the molecule is O=C(NCc1ccc(Cn2ccnc2)cc1)c1cc(-c2ccncc2)nc2ccccc12. The fraction of sp³-hybridized carbons (Fsp3) is 0.0769. The first-order valence-corrected chi connectivity index (χ1v) is 10.4. The second-order valence-corrected chi connectivity index (χ2v) is 7.54. The molecular weight excluding hydrogens is 398 g/mol. The number of hydrogen-bond acceptors (Lipinski definition) is 4. The molecule has 6 nitrogen and oxygen atoms in total. The van der Waals surface area contributed by atoms with E-state index in [-0.39, 0.29) is 5.91 Å². The Morgan fingerprint density at radius 3 is 2.44 bits per heavy atom. The Kier molecular flexibility index (Phi) is 5.41. The molecule has 0 bridgehead atoms. The molecule has 0 aliphatic carbocycles. The van der Waals surface area contributed by atoms with Crippen LogP contribution >= 0.6 is 0 Å². The van der Waals surface area contributed by atoms with Crippen molar-refractivity contribution in [1.82, 2.24) is 24.8 Å². The molecule has 32 heavy (non-hydrogen) atoms. The number of aromatic nitrogens is 4. The van der Waals surface area contributed by atoms with E-state index in [9.17, 15) is 4.79 Å². The van der Waals surface area contributed by atoms with E-state index in [4.69, 9.17) is 4.98 Å². The molecule has 0 saturated heterocycles. The van der Waals surface area contributed by atoms with E-state index in [0.29, 0.717) is 12.1 Å². The molecule has 1 amide bonds. The predicted molar refractivity (Wildman–Crippen MR) is 124 cm³/mol. The molecule has 0 fully saturated rings. The van der Waals surface area contributed by atoms with E-state index in [1.54, 1.807) is 24.9 Å². The Hall–Kier alpha value is -4.32. The minimum atomic E-state index is -0.124. The zero-order valence-corrected chi connectivity index (χ0v) is 17.3. The average molecular weight is 419 g/mol. The van der Waals surface area contributed by atoms with E-state index < -0.39 is 0 Å². The van der Waals surface area contributed by atoms with Gasteiger partial charge in [-0.15, -0.1) is 0 Å². The summed E-state index contributed by atoms with van der Waals surface area (Å²) in [5.41, 5.74) is 5.30. The van der Waals surface area contributed by atoms with Gasteiger partial charge in [-0.05, 0) is 35.4 Å². The molecule has 1 N–H and O–H groups in total. The lowest BCUT2D eigenvalue weighted by Crippen LogP contribution is -2.23. The molecule has 156 valence electrons. The van der Waals surface area contributed by atoms with E-state index in [1.807, 2.05) is 65.4 Å². The van der Waals surface area contributed by atoms with Crippen molar-refractivity contribution in [3.05, 3.63) is 115 Å². The number of imidazole rings is 1. The number of benzene rings is 2. The molecular formula is C26H21N5O. The fourth-order valence-electron chi connectivity index (χ4n) is 3.66. The lowest BCUT2D eigenvalue weighted by molar-refractivity contribution is 0.0952. The Morgan fingerprint density at radius 2 is 1.66 bits per heavy atom. The van der Waals surface area contributed by atoms with Gasteiger partial charge in [-0.1, -0.05) is 42.5 Å². The predicted octanol–water partition coefficient (Wildman–Crippen LogP) is 4.47. The van der Waals surface area contributed by atoms with Gasteiger partial charge in [0.15, 0.2) is 0 Å². The first-order valence-electron chi connectivity index (χ1n) is 10.4. The van der Waals surface area contributed by atoms with Crippen molar-refractivity contribution in [3.8, 4) is 11.3 Å². The Morgan fingerprint density at radius 1 is 0.875 bits per heavy atom. The van der Waals surface area contributed by atoms with Crippen molar-refractivity contribution in [3.63, 3.8) is 0 Å². The topological polar surface area (TPSA) is 72.7 Å². The summed E-state index contributed by atoms with van der Waals surface area (Å²) >= 11 is 0. The zero-order chi connectivity index (χ0) is 21.8. The lowest BCUT2D eigenvalue weighted by atomic mass is 10.0. The molecule has 6 heteroatoms. The van der Waals surface area contributed by atoms with Gasteiger partial charge in [0.25, 0.3) is 5.91 Å². The molecule has 0 radical (unpaired) electrons. The van der Waals surface area contributed by atoms with Crippen LogP contribution in [-0.2, 0) is 13.1 Å². The van der Waals surface area contributed by atoms with E-state index in [0.717, 1.165) is 34.3 Å². The van der Waals surface area contributed by atoms with Crippen LogP contribution < -0.4 is 5.32 Å². The zero-order valence-electron chi connectivity index (χ0n) is 17.3. The third-order valence-corrected chi connectivity index (χ3v) is 5.34. The van der Waals surface area contributed by atoms with Gasteiger partial charge in [0.1, 0.15) is 0 Å². The second-order valence-electron chi connectivity index (χ2n) is 7.54. The summed E-state index contributed by atoms with van der Waals surface area (Å²) < 4.78 is 2.02. The van der Waals surface area contributed by atoms with Gasteiger partial charge in [-0.25, -0.2) is 9.97 Å². The molecule has 5 aromatic rings. The minimum Gasteiger partial charge on any atom is -0.348 e. The quantitative estimate of drug-likeness (QED) is 0.441. The van der Waals surface area contributed by atoms with E-state index >= 15 is 0 Å². The average Bonchev–Trinajstić information content (AvgIpc) is 3.36. The Bertz CT molecular complexity index is 1350. The Balaban J connectivity index is 1.35. The van der Waals surface area contributed by atoms with Crippen molar-refractivity contribution in [2.45, 2.75) is 13.1 Å². The van der Waals surface area contributed by atoms with Gasteiger partial charge in [-0.3, -0.25) is 9.78 Å². The summed E-state index contributed by atoms with van der Waals surface area (Å²) in [5.74, 6) is -0.124. The van der Waals surface area contributed by atoms with Crippen molar-refractivity contribution in [2.24, 2.45) is 0 Å². The molecule has 2 aromatic carbocycles. The van der Waals surface area contributed by atoms with E-state index in [2.05, 4.69) is 27.4 Å². The van der Waals surface area contributed by atoms with Gasteiger partial charge in [0.2, 0.25) is 0 Å². The largest absolute Gasteiger partial charge is 0.348 e. The normalized spacial score (nSPS) is 10.9. The number of para-hydroxylation sites is 1. The highest BCUT2D eigenvalue weighted by Crippen LogP contribution is 2.24. The van der Waals surface area contributed by atoms with Crippen molar-refractivity contribution in [1.29, 1.82) is 0 Å². The van der Waals surface area contributed by atoms with Gasteiger partial charge in [-0.2, -0.15) is 0 Å². The summed E-state index contributed by atoms with van der Waals surface area (Å²) in [7, 11) is 0. The molecule has 0 aliphatic heterocycles. The standard InChI is InChI=1S/C26H21N5O/c32-26(29-16-19-5-7-20(8-6-19)17-31-14-13-28-18-31)23-15-25(21-9-11-27-12-10-21)30-24-4-2-1-3-22(23)24/h1-15,18H,16-17H2,(H,29,32). The van der Waals surface area contributed by atoms with Gasteiger partial charge < -0.3 is 9.88 Å². The maximum atomic E-state index is 13.1. The molecule has 3 aromatic heterocycles. The van der Waals surface area contributed by atoms with E-state index in [1.165, 1.54) is 5.56 Å². The smallest absolute Gasteiger partial charge is 0.252 e. The number of amides is 1. The minimum absolute atomic E-state index is 0.124. The summed E-state index contributed by atoms with van der Waals surface area (Å²) in [5, 5.41) is 3.89. The van der Waals surface area contributed by atoms with Crippen LogP contribution in [0.2, 0.25) is 0 Å². The van der Waals surface area contributed by atoms with Crippen LogP contribution in [0.25, 0.3) is 22.2 Å². The first kappa shape index (κ1) is 19.6. The van der Waals surface area contributed by atoms with Gasteiger partial charge in [0, 0.05) is 48.8 Å². The number of nitrogens with zero attached hydrogens (tertiary/aromatic N) is 4. The maximum absolute atomic E-state index is 13.1. The summed E-state index contributed by atoms with van der Waals surface area (Å²) in [4.78, 5) is 26.0. The summed E-state index contributed by atoms with van der Waals surface area (Å²) in [6, 6.07) is 21.6. The molecule has 0 aliphatic rings. The summed E-state index contributed by atoms with van der Waals surface area (Å²) in [6.45, 7) is 1.22. The number of hydrogen-bond donors (Lipinski definition) is 1. The van der Waals surface area contributed by atoms with Crippen LogP contribution in [0.1, 0.15) is 21.5 Å². The van der Waals surface area contributed by atoms with Gasteiger partial charge in [0.05, 0.1) is 23.1 Å². The molecule has 3 heterocycles. The number of carbonyl (C=O) groups is 1. The molecule has 0 unspecified atom stereocenters. The highest BCUT2D eigenvalue weighted by Gasteiger charge is 2.14. The monoisotopic (exact) mass is 419 g/mol. The molecule has 0 spiro atoms. The second kappa shape index (κ2) is 8.81. The highest BCUT2D eigenvalue weighted by atomic mass is 16.1. The fourth-order valence-corrected chi connectivity index (χ4v) is 3.66. The maximum Gasteiger partial charge on any atom is 0.252 e. The van der Waals surface area contributed by atoms with Crippen molar-refractivity contribution >= 4 is 16.8 Å². The highest BCUT2D eigenvalue weighted by molar-refractivity contribution is 6.07. The van der Waals surface area contributed by atoms with Crippen LogP contribution in [0.3, 0.4) is 0 Å². The van der Waals surface area contributed by atoms with Crippen LogP contribution in [0, 0.1) is 0 Å². The van der Waals surface area contributed by atoms with Crippen molar-refractivity contribution in [2.75, 3.05) is 0 Å². The first-order chi connectivity index (χ1) is 15.8. The van der Waals surface area contributed by atoms with Crippen LogP contribution in [0.5, 0.6) is 0 Å². The number of rotatable bonds is 6. The van der Waals surface area contributed by atoms with Crippen LogP contribution in [-0.4, -0.2) is 25.4 Å². The molecule has 5 rings (SSSR count). The lowest BCUT2D eigenvalue weighted by Gasteiger charge is -2.11. The number of carbonyl (C=O) groups excluding carboxylic acids is 1. The third-order valence-electron chi connectivity index (χ3n) is 5.34. The third kappa shape index (κ3) is 4.25. The van der Waals surface area contributed by atoms with Crippen LogP contribution in [0.4, 0.5) is 0 Å². The number of fused-ring (bicyclic) bond motifs is 1.